The molecule has 15 rings (SSSR count). The average Bonchev–Trinajstić information content (AvgIpc) is 0.758. The second-order valence-electron chi connectivity index (χ2n) is 33.1. The lowest BCUT2D eigenvalue weighted by molar-refractivity contribution is -0.277. The molecule has 7 aromatic rings. The number of aliphatic hydroxyl groups excluding tert-OH is 7. The van der Waals surface area contributed by atoms with E-state index >= 15 is 28.8 Å². The summed E-state index contributed by atoms with van der Waals surface area (Å²) in [4.78, 5) is 153. The van der Waals surface area contributed by atoms with E-state index < -0.39 is 294 Å². The number of aromatic hydroxyl groups is 4. The number of unbranched alkanes of at least 4 members (excludes halogenated alkanes) is 8. The van der Waals surface area contributed by atoms with Crippen molar-refractivity contribution >= 4 is 82.6 Å². The summed E-state index contributed by atoms with van der Waals surface area (Å²) < 4.78 is 55.3. The summed E-state index contributed by atoms with van der Waals surface area (Å²) in [5.41, 5.74) is -4.85. The number of benzene rings is 7. The van der Waals surface area contributed by atoms with Gasteiger partial charge >= 0.3 is 18.0 Å². The molecule has 0 aliphatic carbocycles. The zero-order chi connectivity index (χ0) is 93.8. The Balaban J connectivity index is 1.04. The topological polar surface area (TPSA) is 584 Å². The van der Waals surface area contributed by atoms with Crippen LogP contribution in [-0.2, 0) is 68.5 Å². The average molecular weight is 1850 g/mol. The zero-order valence-electron chi connectivity index (χ0n) is 70.7. The minimum atomic E-state index is -2.50. The van der Waals surface area contributed by atoms with Crippen LogP contribution < -0.4 is 60.9 Å². The van der Waals surface area contributed by atoms with Crippen LogP contribution in [0, 0.1) is 0 Å². The van der Waals surface area contributed by atoms with E-state index in [2.05, 4.69) is 44.1 Å². The number of nitrogens with zero attached hydrogens (tertiary/aromatic N) is 1. The Morgan fingerprint density at radius 1 is 0.554 bits per heavy atom. The van der Waals surface area contributed by atoms with Gasteiger partial charge in [0.15, 0.2) is 35.1 Å². The van der Waals surface area contributed by atoms with E-state index in [0.717, 1.165) is 142 Å². The predicted molar refractivity (Wildman–Crippen MR) is 453 cm³/mol. The molecule has 8 heterocycles. The number of hydrogen-bond acceptors (Lipinski definition) is 30. The molecule has 130 heavy (non-hydrogen) atoms. The Bertz CT molecular complexity index is 5490. The number of likely N-dealkylation sites (N-methyl/N-ethyl adjacent to an activating group) is 1. The third-order valence-corrected chi connectivity index (χ3v) is 23.4. The first-order valence-corrected chi connectivity index (χ1v) is 42.4. The second kappa shape index (κ2) is 40.2. The molecule has 0 spiro atoms. The minimum Gasteiger partial charge on any atom is -0.508 e. The number of halogens is 2. The van der Waals surface area contributed by atoms with Gasteiger partial charge in [-0.2, -0.15) is 0 Å². The van der Waals surface area contributed by atoms with Gasteiger partial charge in [0.25, 0.3) is 0 Å². The van der Waals surface area contributed by atoms with Crippen LogP contribution in [0.15, 0.2) is 115 Å². The van der Waals surface area contributed by atoms with Gasteiger partial charge in [0, 0.05) is 54.3 Å². The van der Waals surface area contributed by atoms with Gasteiger partial charge in [0.1, 0.15) is 131 Å². The van der Waals surface area contributed by atoms with Crippen LogP contribution in [-0.4, -0.2) is 225 Å². The molecule has 8 amide bonds. The van der Waals surface area contributed by atoms with E-state index in [1.165, 1.54) is 37.4 Å². The highest BCUT2D eigenvalue weighted by Crippen LogP contribution is 2.51. The number of carbonyl (C=O) groups is 10. The summed E-state index contributed by atoms with van der Waals surface area (Å²) in [6.07, 6.45) is -14.9. The number of carbonyl (C=O) groups excluding carboxylic acids is 9. The van der Waals surface area contributed by atoms with Gasteiger partial charge in [0.05, 0.1) is 23.8 Å². The lowest BCUT2D eigenvalue weighted by atomic mass is 9.89. The van der Waals surface area contributed by atoms with Crippen LogP contribution >= 0.6 is 23.2 Å². The first kappa shape index (κ1) is 95.1. The molecule has 39 nitrogen and oxygen atoms in total. The summed E-state index contributed by atoms with van der Waals surface area (Å²) in [6, 6.07) is 3.20. The van der Waals surface area contributed by atoms with Gasteiger partial charge in [-0.1, -0.05) is 112 Å². The van der Waals surface area contributed by atoms with Crippen LogP contribution in [0.2, 0.25) is 10.0 Å². The molecule has 7 aromatic carbocycles. The van der Waals surface area contributed by atoms with Crippen molar-refractivity contribution in [2.24, 2.45) is 0 Å². The van der Waals surface area contributed by atoms with Crippen LogP contribution in [0.5, 0.6) is 69.0 Å². The number of amides is 8. The van der Waals surface area contributed by atoms with Crippen LogP contribution in [0.1, 0.15) is 167 Å². The van der Waals surface area contributed by atoms with Gasteiger partial charge < -0.3 is 141 Å². The molecular weight excluding hydrogens is 1750 g/mol. The second-order valence-corrected chi connectivity index (χ2v) is 33.9. The van der Waals surface area contributed by atoms with Crippen molar-refractivity contribution in [3.05, 3.63) is 164 Å². The van der Waals surface area contributed by atoms with E-state index in [1.807, 2.05) is 0 Å². The summed E-state index contributed by atoms with van der Waals surface area (Å²) in [6.45, 7) is 5.79. The van der Waals surface area contributed by atoms with Crippen molar-refractivity contribution < 1.29 is 152 Å². The van der Waals surface area contributed by atoms with Crippen molar-refractivity contribution in [3.63, 3.8) is 0 Å². The number of phenolic OH excluding ortho intramolecular Hbond substituents is 4. The molecule has 17 bridgehead atoms. The lowest BCUT2D eigenvalue weighted by Gasteiger charge is -2.41. The number of phenols is 4. The standard InChI is InChI=1S/C89H98Cl2N8O31/c1-7-8-9-10-11-12-13-14-15-16-60(105)93-68-72(108)74(110)77(85(120)122-6)129-86(68)128-76-57-31-42-32-58(76)125-54-26-21-41(29-49(54)90)70(106)67-82(116)97-66(84(118)119)47-33-43(101)34-56(126-87-75(111)73(109)71(107)59(37-100)127-87)61(47)46-28-39(19-24-51(46)102)63(79(113)98-67)94-80(114)64(42)95-81(115)65-48-35-45(36-53(104)62(48)91)124-55-30-40(20-25-52(55)103)69(99(5)88(121)130-89(2,3)4)83(117)92-50(78(112)96-65)27-38-17-22-44(123-57)23-18-38/h17-26,28-36,50,59,63-75,77,86-87,100-104,106-111H,7-16,27,37H2,1-6H3,(H,92,117)(H,93,105)(H,94,114)(H,95,115)(H,96,112)(H,97,116)(H,98,113)(H,118,119)/t50-,59-,63-,64-,65+,66+,67+,68-,69+,70-,71-,72-,73+,74+,75+,77+,86-,87+/m1/s1. The summed E-state index contributed by atoms with van der Waals surface area (Å²) in [5, 5.41) is 155. The third-order valence-electron chi connectivity index (χ3n) is 22.7. The highest BCUT2D eigenvalue weighted by atomic mass is 35.5. The largest absolute Gasteiger partial charge is 0.508 e. The Morgan fingerprint density at radius 3 is 1.85 bits per heavy atom. The number of aliphatic hydroxyl groups is 7. The predicted octanol–water partition coefficient (Wildman–Crippen LogP) is 6.06. The number of carboxylic acids is 1. The Hall–Kier alpha value is -12.5. The highest BCUT2D eigenvalue weighted by molar-refractivity contribution is 6.33. The maximum Gasteiger partial charge on any atom is 0.410 e. The normalized spacial score (nSPS) is 25.6. The quantitative estimate of drug-likeness (QED) is 0.0323. The smallest absolute Gasteiger partial charge is 0.410 e. The third kappa shape index (κ3) is 21.0. The van der Waals surface area contributed by atoms with E-state index in [4.69, 9.17) is 65.8 Å². The molecule has 2 saturated heterocycles. The Morgan fingerprint density at radius 2 is 1.18 bits per heavy atom. The van der Waals surface area contributed by atoms with Gasteiger partial charge in [-0.05, 0) is 128 Å². The fourth-order valence-electron chi connectivity index (χ4n) is 15.9. The van der Waals surface area contributed by atoms with Gasteiger partial charge in [-0.3, -0.25) is 38.5 Å². The molecule has 41 heteroatoms. The van der Waals surface area contributed by atoms with E-state index in [0.29, 0.717) is 12.8 Å². The van der Waals surface area contributed by atoms with E-state index in [1.54, 1.807) is 20.8 Å². The fraction of sp³-hybridized carbons (Fsp3) is 0.416. The number of rotatable bonds is 19. The zero-order valence-corrected chi connectivity index (χ0v) is 72.2. The van der Waals surface area contributed by atoms with E-state index in [9.17, 15) is 80.5 Å². The number of nitrogens with one attached hydrogen (secondary N) is 7. The maximum atomic E-state index is 16.8. The fourth-order valence-corrected chi connectivity index (χ4v) is 16.3. The Kier molecular flexibility index (Phi) is 29.4. The molecule has 694 valence electrons. The van der Waals surface area contributed by atoms with Gasteiger partial charge in [-0.15, -0.1) is 0 Å². The number of fused-ring (bicyclic) bond motifs is 14. The molecule has 2 fully saturated rings. The molecule has 19 N–H and O–H groups in total. The number of esters is 1. The number of methoxy groups -OCH3 is 1. The number of aliphatic carboxylic acids is 1. The van der Waals surface area contributed by atoms with Gasteiger partial charge in [-0.25, -0.2) is 14.4 Å². The molecule has 0 unspecified atom stereocenters. The Labute approximate surface area is 751 Å². The monoisotopic (exact) mass is 1840 g/mol. The molecule has 0 aromatic heterocycles. The van der Waals surface area contributed by atoms with Crippen molar-refractivity contribution in [1.82, 2.24) is 42.1 Å². The van der Waals surface area contributed by atoms with Crippen molar-refractivity contribution in [2.75, 3.05) is 20.8 Å². The maximum absolute atomic E-state index is 16.8. The van der Waals surface area contributed by atoms with Crippen LogP contribution in [0.3, 0.4) is 0 Å². The highest BCUT2D eigenvalue weighted by Gasteiger charge is 2.52. The molecule has 18 atom stereocenters. The number of carboxylic acid groups (broad SMARTS) is 1. The summed E-state index contributed by atoms with van der Waals surface area (Å²) >= 11 is 14.3. The lowest BCUT2D eigenvalue weighted by Crippen LogP contribution is -2.66. The van der Waals surface area contributed by atoms with Crippen molar-refractivity contribution in [3.8, 4) is 80.1 Å². The van der Waals surface area contributed by atoms with Crippen LogP contribution in [0.4, 0.5) is 4.79 Å². The van der Waals surface area contributed by atoms with Crippen LogP contribution in [0.25, 0.3) is 11.1 Å². The number of ether oxygens (including phenoxy) is 9. The minimum absolute atomic E-state index is 0.0521. The number of hydrogen-bond donors (Lipinski definition) is 19. The summed E-state index contributed by atoms with van der Waals surface area (Å²) in [7, 11) is 2.16. The first-order valence-electron chi connectivity index (χ1n) is 41.7. The molecule has 8 aliphatic rings. The molecule has 0 radical (unpaired) electrons. The molecular formula is C89H98Cl2N8O31. The molecule has 0 saturated carbocycles. The van der Waals surface area contributed by atoms with E-state index in [-0.39, 0.29) is 28.9 Å². The first-order chi connectivity index (χ1) is 61.8. The van der Waals surface area contributed by atoms with Crippen molar-refractivity contribution in [2.45, 2.75) is 214 Å². The summed E-state index contributed by atoms with van der Waals surface area (Å²) in [5.74, 6) is -19.7. The molecule has 8 aliphatic heterocycles. The van der Waals surface area contributed by atoms with Crippen molar-refractivity contribution in [1.29, 1.82) is 0 Å². The SMILES string of the molecule is CCCCCCCCCCCC(=O)N[C@H]1[C@H](Oc2c3cc4cc2Oc2ccc(cc2Cl)[C@@H](O)[C@@H]2NC(=O)[C@H](NC(=O)[C@@H]4NC(=O)[C@H]4NC(=O)[C@@H](Cc5ccc(cc5)O3)NC(=O)[C@@H](N(C)C(=O)OC(C)(C)C)c3ccc(O)c(c3)Oc3cc(O)c(Cl)c4c3)c3ccc(O)c(c3)-c3c(O[C@H]4O[C@H](CO)[C@@H](O)[C@H](O)[C@@H]4O)cc(O)cc3[C@@H](C(=O)O)NC2=O)O[C@H](C(=O)OC)[C@@H](O)[C@@H]1O. The van der Waals surface area contributed by atoms with Gasteiger partial charge in [0.2, 0.25) is 59.7 Å².